The fourth-order valence-electron chi connectivity index (χ4n) is 1.79. The molecule has 0 saturated carbocycles. The Morgan fingerprint density at radius 2 is 2.06 bits per heavy atom. The predicted octanol–water partition coefficient (Wildman–Crippen LogP) is 3.24. The first-order valence-corrected chi connectivity index (χ1v) is 6.94. The molecule has 0 atom stereocenters. The van der Waals surface area contributed by atoms with Crippen molar-refractivity contribution in [3.05, 3.63) is 23.5 Å². The first kappa shape index (κ1) is 13.1. The molecule has 96 valence electrons. The summed E-state index contributed by atoms with van der Waals surface area (Å²) >= 11 is 1.42. The van der Waals surface area contributed by atoms with Crippen LogP contribution in [0, 0.1) is 5.82 Å². The fourth-order valence-corrected chi connectivity index (χ4v) is 2.76. The van der Waals surface area contributed by atoms with Crippen LogP contribution in [0.15, 0.2) is 17.0 Å². The van der Waals surface area contributed by atoms with Crippen LogP contribution in [0.4, 0.5) is 10.1 Å². The highest BCUT2D eigenvalue weighted by atomic mass is 32.2. The molecule has 0 saturated heterocycles. The van der Waals surface area contributed by atoms with E-state index in [0.717, 1.165) is 31.1 Å². The van der Waals surface area contributed by atoms with Gasteiger partial charge in [-0.3, -0.25) is 9.59 Å². The maximum absolute atomic E-state index is 13.7. The van der Waals surface area contributed by atoms with Crippen LogP contribution in [0.3, 0.4) is 0 Å². The second-order valence-corrected chi connectivity index (χ2v) is 5.30. The lowest BCUT2D eigenvalue weighted by atomic mass is 10.1. The molecule has 1 aliphatic rings. The minimum absolute atomic E-state index is 0.135. The second kappa shape index (κ2) is 5.52. The monoisotopic (exact) mass is 267 g/mol. The van der Waals surface area contributed by atoms with Gasteiger partial charge in [0.05, 0.1) is 11.3 Å². The second-order valence-electron chi connectivity index (χ2n) is 4.17. The first-order valence-electron chi connectivity index (χ1n) is 5.95. The number of rotatable bonds is 5. The quantitative estimate of drug-likeness (QED) is 0.506. The molecule has 18 heavy (non-hydrogen) atoms. The summed E-state index contributed by atoms with van der Waals surface area (Å²) in [4.78, 5) is 23.0. The van der Waals surface area contributed by atoms with Crippen molar-refractivity contribution >= 4 is 29.1 Å². The third-order valence-corrected chi connectivity index (χ3v) is 3.89. The molecular weight excluding hydrogens is 253 g/mol. The minimum Gasteiger partial charge on any atom is -0.318 e. The van der Waals surface area contributed by atoms with E-state index in [0.29, 0.717) is 10.6 Å². The van der Waals surface area contributed by atoms with Crippen LogP contribution >= 0.6 is 11.8 Å². The number of hydrogen-bond acceptors (Lipinski definition) is 3. The molecule has 1 amide bonds. The van der Waals surface area contributed by atoms with Gasteiger partial charge in [0.25, 0.3) is 11.7 Å². The van der Waals surface area contributed by atoms with Gasteiger partial charge >= 0.3 is 0 Å². The van der Waals surface area contributed by atoms with Gasteiger partial charge in [0, 0.05) is 4.90 Å². The molecule has 3 nitrogen and oxygen atoms in total. The van der Waals surface area contributed by atoms with E-state index in [1.165, 1.54) is 11.8 Å². The topological polar surface area (TPSA) is 46.2 Å². The number of thioether (sulfide) groups is 1. The van der Waals surface area contributed by atoms with Crippen molar-refractivity contribution in [3.8, 4) is 0 Å². The maximum Gasteiger partial charge on any atom is 0.296 e. The van der Waals surface area contributed by atoms with Crippen molar-refractivity contribution in [2.24, 2.45) is 0 Å². The molecule has 0 radical (unpaired) electrons. The van der Waals surface area contributed by atoms with Gasteiger partial charge in [-0.25, -0.2) is 4.39 Å². The van der Waals surface area contributed by atoms with Crippen molar-refractivity contribution in [1.82, 2.24) is 0 Å². The SMILES string of the molecule is CCCCCSc1cc2c(cc1F)C(=O)C(=O)N2. The van der Waals surface area contributed by atoms with E-state index >= 15 is 0 Å². The van der Waals surface area contributed by atoms with E-state index in [1.54, 1.807) is 6.07 Å². The number of anilines is 1. The smallest absolute Gasteiger partial charge is 0.296 e. The summed E-state index contributed by atoms with van der Waals surface area (Å²) in [6.07, 6.45) is 3.27. The molecule has 1 aromatic rings. The molecule has 1 aliphatic heterocycles. The molecule has 5 heteroatoms. The number of benzene rings is 1. The zero-order chi connectivity index (χ0) is 13.1. The van der Waals surface area contributed by atoms with E-state index < -0.39 is 17.5 Å². The van der Waals surface area contributed by atoms with E-state index in [4.69, 9.17) is 0 Å². The Morgan fingerprint density at radius 3 is 2.78 bits per heavy atom. The lowest BCUT2D eigenvalue weighted by molar-refractivity contribution is -0.112. The highest BCUT2D eigenvalue weighted by Gasteiger charge is 2.29. The Labute approximate surface area is 109 Å². The van der Waals surface area contributed by atoms with Crippen molar-refractivity contribution in [1.29, 1.82) is 0 Å². The number of carbonyl (C=O) groups is 2. The number of halogens is 1. The van der Waals surface area contributed by atoms with Crippen LogP contribution in [0.5, 0.6) is 0 Å². The van der Waals surface area contributed by atoms with E-state index in [1.807, 2.05) is 0 Å². The van der Waals surface area contributed by atoms with Crippen molar-refractivity contribution < 1.29 is 14.0 Å². The zero-order valence-electron chi connectivity index (χ0n) is 10.1. The summed E-state index contributed by atoms with van der Waals surface area (Å²) in [5, 5.41) is 2.45. The van der Waals surface area contributed by atoms with Crippen molar-refractivity contribution in [3.63, 3.8) is 0 Å². The summed E-state index contributed by atoms with van der Waals surface area (Å²) in [5.74, 6) is -0.935. The fraction of sp³-hybridized carbons (Fsp3) is 0.385. The molecule has 2 rings (SSSR count). The van der Waals surface area contributed by atoms with Gasteiger partial charge in [0.15, 0.2) is 0 Å². The summed E-state index contributed by atoms with van der Waals surface area (Å²) in [5.41, 5.74) is 0.555. The van der Waals surface area contributed by atoms with Gasteiger partial charge in [0.1, 0.15) is 5.82 Å². The largest absolute Gasteiger partial charge is 0.318 e. The van der Waals surface area contributed by atoms with Crippen LogP contribution in [0.1, 0.15) is 36.5 Å². The van der Waals surface area contributed by atoms with Crippen LogP contribution in [-0.4, -0.2) is 17.4 Å². The molecule has 0 aromatic heterocycles. The minimum atomic E-state index is -0.683. The Bertz CT molecular complexity index is 502. The molecule has 0 spiro atoms. The highest BCUT2D eigenvalue weighted by molar-refractivity contribution is 7.99. The van der Waals surface area contributed by atoms with Crippen LogP contribution in [-0.2, 0) is 4.79 Å². The van der Waals surface area contributed by atoms with Gasteiger partial charge in [-0.15, -0.1) is 11.8 Å². The number of carbonyl (C=O) groups excluding carboxylic acids is 2. The molecule has 1 heterocycles. The van der Waals surface area contributed by atoms with E-state index in [-0.39, 0.29) is 5.56 Å². The first-order chi connectivity index (χ1) is 8.63. The number of ketones is 1. The summed E-state index contributed by atoms with van der Waals surface area (Å²) < 4.78 is 13.7. The Kier molecular flexibility index (Phi) is 4.01. The average Bonchev–Trinajstić information content (AvgIpc) is 2.61. The lowest BCUT2D eigenvalue weighted by Crippen LogP contribution is -2.12. The van der Waals surface area contributed by atoms with Crippen molar-refractivity contribution in [2.45, 2.75) is 31.1 Å². The molecule has 0 fully saturated rings. The summed E-state index contributed by atoms with van der Waals surface area (Å²) in [7, 11) is 0. The normalized spacial score (nSPS) is 13.7. The molecular formula is C13H14FNO2S. The standard InChI is InChI=1S/C13H14FNO2S/c1-2-3-4-5-18-11-7-10-8(6-9(11)14)12(16)13(17)15-10/h6-7H,2-5H2,1H3,(H,15,16,17). The Morgan fingerprint density at radius 1 is 1.28 bits per heavy atom. The third kappa shape index (κ3) is 2.56. The summed E-state index contributed by atoms with van der Waals surface area (Å²) in [6, 6.07) is 2.70. The van der Waals surface area contributed by atoms with Crippen LogP contribution in [0.25, 0.3) is 0 Å². The number of fused-ring (bicyclic) bond motifs is 1. The van der Waals surface area contributed by atoms with Crippen LogP contribution < -0.4 is 5.32 Å². The number of unbranched alkanes of at least 4 members (excludes halogenated alkanes) is 2. The molecule has 0 aliphatic carbocycles. The van der Waals surface area contributed by atoms with Crippen LogP contribution in [0.2, 0.25) is 0 Å². The average molecular weight is 267 g/mol. The van der Waals surface area contributed by atoms with Gasteiger partial charge in [-0.1, -0.05) is 19.8 Å². The van der Waals surface area contributed by atoms with E-state index in [9.17, 15) is 14.0 Å². The molecule has 0 unspecified atom stereocenters. The zero-order valence-corrected chi connectivity index (χ0v) is 10.9. The molecule has 1 N–H and O–H groups in total. The molecule has 1 aromatic carbocycles. The van der Waals surface area contributed by atoms with Gasteiger partial charge in [-0.2, -0.15) is 0 Å². The third-order valence-electron chi connectivity index (χ3n) is 2.78. The highest BCUT2D eigenvalue weighted by Crippen LogP contribution is 2.32. The lowest BCUT2D eigenvalue weighted by Gasteiger charge is -2.05. The summed E-state index contributed by atoms with van der Waals surface area (Å²) in [6.45, 7) is 2.11. The number of hydrogen-bond donors (Lipinski definition) is 1. The van der Waals surface area contributed by atoms with Gasteiger partial charge < -0.3 is 5.32 Å². The van der Waals surface area contributed by atoms with Gasteiger partial charge in [0.2, 0.25) is 0 Å². The Balaban J connectivity index is 2.12. The van der Waals surface area contributed by atoms with Gasteiger partial charge in [-0.05, 0) is 24.3 Å². The van der Waals surface area contributed by atoms with E-state index in [2.05, 4.69) is 12.2 Å². The molecule has 0 bridgehead atoms. The number of nitrogens with one attached hydrogen (secondary N) is 1. The maximum atomic E-state index is 13.7. The number of Topliss-reactive ketones (excluding diaryl/α,β-unsaturated/α-hetero) is 1. The predicted molar refractivity (Wildman–Crippen MR) is 69.6 cm³/mol. The van der Waals surface area contributed by atoms with Crippen molar-refractivity contribution in [2.75, 3.05) is 11.1 Å². The Hall–Kier alpha value is -1.36. The number of amides is 1.